The van der Waals surface area contributed by atoms with E-state index in [9.17, 15) is 19.7 Å². The van der Waals surface area contributed by atoms with Crippen LogP contribution in [0.2, 0.25) is 0 Å². The van der Waals surface area contributed by atoms with Gasteiger partial charge in [-0.3, -0.25) is 19.7 Å². The predicted molar refractivity (Wildman–Crippen MR) is 75.7 cm³/mol. The Kier molecular flexibility index (Phi) is 2.90. The number of aryl methyl sites for hydroxylation is 1. The summed E-state index contributed by atoms with van der Waals surface area (Å²) in [5.74, 6) is -1.85. The number of carbonyl (C=O) groups excluding carboxylic acids is 2. The molecule has 0 bridgehead atoms. The molecule has 0 heterocycles. The quantitative estimate of drug-likeness (QED) is 0.481. The van der Waals surface area contributed by atoms with Gasteiger partial charge in [0, 0.05) is 22.8 Å². The number of rotatable bonds is 2. The van der Waals surface area contributed by atoms with Crippen molar-refractivity contribution in [2.75, 3.05) is 0 Å². The molecule has 5 nitrogen and oxygen atoms in total. The molecule has 0 aliphatic heterocycles. The van der Waals surface area contributed by atoms with Gasteiger partial charge in [-0.05, 0) is 12.5 Å². The highest BCUT2D eigenvalue weighted by molar-refractivity contribution is 6.30. The minimum absolute atomic E-state index is 0.164. The zero-order valence-corrected chi connectivity index (χ0v) is 11.2. The second-order valence-electron chi connectivity index (χ2n) is 5.03. The van der Waals surface area contributed by atoms with Crippen LogP contribution < -0.4 is 0 Å². The maximum Gasteiger partial charge on any atom is 0.274 e. The van der Waals surface area contributed by atoms with E-state index in [4.69, 9.17) is 0 Å². The topological polar surface area (TPSA) is 77.3 Å². The highest BCUT2D eigenvalue weighted by Gasteiger charge is 2.42. The Hall–Kier alpha value is -2.82. The zero-order chi connectivity index (χ0) is 15.1. The van der Waals surface area contributed by atoms with E-state index in [1.807, 2.05) is 0 Å². The van der Waals surface area contributed by atoms with Crippen LogP contribution in [0, 0.1) is 17.0 Å². The Morgan fingerprint density at radius 1 is 1.00 bits per heavy atom. The van der Waals surface area contributed by atoms with Crippen LogP contribution in [0.3, 0.4) is 0 Å². The van der Waals surface area contributed by atoms with E-state index in [2.05, 4.69) is 0 Å². The van der Waals surface area contributed by atoms with Crippen LogP contribution in [0.1, 0.15) is 37.8 Å². The molecule has 21 heavy (non-hydrogen) atoms. The minimum Gasteiger partial charge on any atom is -0.293 e. The molecule has 0 unspecified atom stereocenters. The second-order valence-corrected chi connectivity index (χ2v) is 5.03. The van der Waals surface area contributed by atoms with Gasteiger partial charge in [0.2, 0.25) is 0 Å². The van der Waals surface area contributed by atoms with Crippen LogP contribution >= 0.6 is 0 Å². The van der Waals surface area contributed by atoms with Gasteiger partial charge in [-0.25, -0.2) is 0 Å². The average molecular weight is 281 g/mol. The summed E-state index contributed by atoms with van der Waals surface area (Å²) in [5.41, 5.74) is 1.36. The molecule has 0 saturated heterocycles. The lowest BCUT2D eigenvalue weighted by Crippen LogP contribution is -2.14. The van der Waals surface area contributed by atoms with Gasteiger partial charge in [0.15, 0.2) is 11.6 Å². The summed E-state index contributed by atoms with van der Waals surface area (Å²) < 4.78 is 0. The Balaban J connectivity index is 2.18. The van der Waals surface area contributed by atoms with Gasteiger partial charge < -0.3 is 0 Å². The standard InChI is InChI=1S/C16H11NO4/c1-9-6-7-12(13(8-9)17(20)21)14-15(18)10-4-2-3-5-11(10)16(14)19/h2-8,14H,1H3. The maximum absolute atomic E-state index is 12.4. The van der Waals surface area contributed by atoms with Gasteiger partial charge in [0.1, 0.15) is 5.92 Å². The monoisotopic (exact) mass is 281 g/mol. The molecular formula is C16H11NO4. The van der Waals surface area contributed by atoms with Crippen LogP contribution in [-0.2, 0) is 0 Å². The molecule has 0 N–H and O–H groups in total. The molecule has 2 aromatic rings. The molecule has 1 aliphatic carbocycles. The lowest BCUT2D eigenvalue weighted by atomic mass is 9.92. The van der Waals surface area contributed by atoms with Crippen molar-refractivity contribution >= 4 is 17.3 Å². The number of carbonyl (C=O) groups is 2. The molecular weight excluding hydrogens is 270 g/mol. The summed E-state index contributed by atoms with van der Waals surface area (Å²) in [6.45, 7) is 1.73. The fourth-order valence-corrected chi connectivity index (χ4v) is 2.68. The first-order valence-electron chi connectivity index (χ1n) is 6.43. The third-order valence-corrected chi connectivity index (χ3v) is 3.68. The van der Waals surface area contributed by atoms with Crippen molar-refractivity contribution in [3.63, 3.8) is 0 Å². The van der Waals surface area contributed by atoms with E-state index in [0.717, 1.165) is 0 Å². The Labute approximate surface area is 120 Å². The summed E-state index contributed by atoms with van der Waals surface area (Å²) in [7, 11) is 0. The first kappa shape index (κ1) is 13.2. The molecule has 0 spiro atoms. The fourth-order valence-electron chi connectivity index (χ4n) is 2.68. The van der Waals surface area contributed by atoms with Crippen molar-refractivity contribution in [2.24, 2.45) is 0 Å². The Morgan fingerprint density at radius 3 is 2.10 bits per heavy atom. The smallest absolute Gasteiger partial charge is 0.274 e. The number of nitro groups is 1. The lowest BCUT2D eigenvalue weighted by Gasteiger charge is -2.08. The zero-order valence-electron chi connectivity index (χ0n) is 11.2. The molecule has 0 saturated carbocycles. The summed E-state index contributed by atoms with van der Waals surface area (Å²) in [4.78, 5) is 35.5. The summed E-state index contributed by atoms with van der Waals surface area (Å²) in [5, 5.41) is 11.2. The molecule has 0 atom stereocenters. The first-order chi connectivity index (χ1) is 10.0. The van der Waals surface area contributed by atoms with E-state index in [0.29, 0.717) is 16.7 Å². The van der Waals surface area contributed by atoms with Crippen molar-refractivity contribution in [1.29, 1.82) is 0 Å². The third kappa shape index (κ3) is 1.94. The van der Waals surface area contributed by atoms with E-state index in [-0.39, 0.29) is 22.8 Å². The molecule has 0 fully saturated rings. The van der Waals surface area contributed by atoms with Crippen molar-refractivity contribution in [3.8, 4) is 0 Å². The Morgan fingerprint density at radius 2 is 1.57 bits per heavy atom. The van der Waals surface area contributed by atoms with Gasteiger partial charge in [-0.1, -0.05) is 36.4 Å². The van der Waals surface area contributed by atoms with Gasteiger partial charge in [-0.15, -0.1) is 0 Å². The highest BCUT2D eigenvalue weighted by atomic mass is 16.6. The highest BCUT2D eigenvalue weighted by Crippen LogP contribution is 2.38. The summed E-state index contributed by atoms with van der Waals surface area (Å²) >= 11 is 0. The number of hydrogen-bond acceptors (Lipinski definition) is 4. The van der Waals surface area contributed by atoms with Gasteiger partial charge in [-0.2, -0.15) is 0 Å². The number of nitro benzene ring substituents is 1. The predicted octanol–water partition coefficient (Wildman–Crippen LogP) is 3.07. The average Bonchev–Trinajstić information content (AvgIpc) is 2.72. The largest absolute Gasteiger partial charge is 0.293 e. The SMILES string of the molecule is Cc1ccc(C2C(=O)c3ccccc3C2=O)c([N+](=O)[O-])c1. The summed E-state index contributed by atoms with van der Waals surface area (Å²) in [6, 6.07) is 11.1. The number of ketones is 2. The van der Waals surface area contributed by atoms with E-state index in [1.165, 1.54) is 12.1 Å². The summed E-state index contributed by atoms with van der Waals surface area (Å²) in [6.07, 6.45) is 0. The Bertz CT molecular complexity index is 760. The number of Topliss-reactive ketones (excluding diaryl/α,β-unsaturated/α-hetero) is 2. The third-order valence-electron chi connectivity index (χ3n) is 3.68. The normalized spacial score (nSPS) is 14.3. The second kappa shape index (κ2) is 4.63. The number of fused-ring (bicyclic) bond motifs is 1. The molecule has 1 aliphatic rings. The van der Waals surface area contributed by atoms with E-state index in [1.54, 1.807) is 37.3 Å². The van der Waals surface area contributed by atoms with Crippen LogP contribution in [-0.4, -0.2) is 16.5 Å². The maximum atomic E-state index is 12.4. The molecule has 0 amide bonds. The van der Waals surface area contributed by atoms with Gasteiger partial charge in [0.25, 0.3) is 5.69 Å². The van der Waals surface area contributed by atoms with Gasteiger partial charge >= 0.3 is 0 Å². The van der Waals surface area contributed by atoms with Crippen molar-refractivity contribution in [1.82, 2.24) is 0 Å². The number of nitrogens with zero attached hydrogens (tertiary/aromatic N) is 1. The minimum atomic E-state index is -1.11. The number of benzene rings is 2. The van der Waals surface area contributed by atoms with Crippen LogP contribution in [0.5, 0.6) is 0 Å². The van der Waals surface area contributed by atoms with Crippen molar-refractivity contribution in [3.05, 3.63) is 74.8 Å². The molecule has 2 aromatic carbocycles. The van der Waals surface area contributed by atoms with Crippen LogP contribution in [0.25, 0.3) is 0 Å². The van der Waals surface area contributed by atoms with Crippen molar-refractivity contribution < 1.29 is 14.5 Å². The van der Waals surface area contributed by atoms with E-state index < -0.39 is 10.8 Å². The van der Waals surface area contributed by atoms with Crippen LogP contribution in [0.4, 0.5) is 5.69 Å². The lowest BCUT2D eigenvalue weighted by molar-refractivity contribution is -0.385. The number of hydrogen-bond donors (Lipinski definition) is 0. The fraction of sp³-hybridized carbons (Fsp3) is 0.125. The molecule has 3 rings (SSSR count). The molecule has 104 valence electrons. The van der Waals surface area contributed by atoms with Crippen LogP contribution in [0.15, 0.2) is 42.5 Å². The van der Waals surface area contributed by atoms with E-state index >= 15 is 0 Å². The van der Waals surface area contributed by atoms with Crippen molar-refractivity contribution in [2.45, 2.75) is 12.8 Å². The first-order valence-corrected chi connectivity index (χ1v) is 6.43. The molecule has 0 radical (unpaired) electrons. The molecule has 0 aromatic heterocycles. The molecule has 5 heteroatoms. The van der Waals surface area contributed by atoms with Gasteiger partial charge in [0.05, 0.1) is 4.92 Å².